The normalized spacial score (nSPS) is 12.9. The smallest absolute Gasteiger partial charge is 0.212 e. The number of rotatable bonds is 3. The predicted octanol–water partition coefficient (Wildman–Crippen LogP) is 2.70. The highest BCUT2D eigenvalue weighted by Crippen LogP contribution is 2.27. The fourth-order valence-corrected chi connectivity index (χ4v) is 2.68. The van der Waals surface area contributed by atoms with Crippen molar-refractivity contribution in [1.29, 1.82) is 0 Å². The van der Waals surface area contributed by atoms with Crippen LogP contribution >= 0.6 is 0 Å². The van der Waals surface area contributed by atoms with Crippen LogP contribution in [-0.4, -0.2) is 29.6 Å². The minimum Gasteiger partial charge on any atom is -0.357 e. The van der Waals surface area contributed by atoms with E-state index in [4.69, 9.17) is 0 Å². The lowest BCUT2D eigenvalue weighted by molar-refractivity contribution is 0.0975. The van der Waals surface area contributed by atoms with E-state index in [0.717, 1.165) is 18.9 Å². The predicted molar refractivity (Wildman–Crippen MR) is 81.1 cm³/mol. The summed E-state index contributed by atoms with van der Waals surface area (Å²) in [5.41, 5.74) is 1.57. The molecule has 0 spiro atoms. The Labute approximate surface area is 123 Å². The van der Waals surface area contributed by atoms with E-state index in [-0.39, 0.29) is 17.3 Å². The molecule has 0 saturated heterocycles. The number of anilines is 1. The number of carbonyl (C=O) groups excluding carboxylic acids is 2. The second-order valence-corrected chi connectivity index (χ2v) is 4.94. The lowest BCUT2D eigenvalue weighted by Crippen LogP contribution is -2.27. The number of fused-ring (bicyclic) bond motifs is 2. The number of aromatic nitrogens is 1. The van der Waals surface area contributed by atoms with Crippen molar-refractivity contribution in [2.75, 3.05) is 18.0 Å². The van der Waals surface area contributed by atoms with E-state index in [2.05, 4.69) is 9.88 Å². The molecule has 21 heavy (non-hydrogen) atoms. The first-order valence-corrected chi connectivity index (χ1v) is 7.11. The van der Waals surface area contributed by atoms with Crippen LogP contribution in [0.2, 0.25) is 0 Å². The molecule has 0 unspecified atom stereocenters. The van der Waals surface area contributed by atoms with Gasteiger partial charge in [0.15, 0.2) is 5.78 Å². The van der Waals surface area contributed by atoms with E-state index in [1.54, 1.807) is 30.3 Å². The molecular weight excluding hydrogens is 264 g/mol. The number of nitrogens with zero attached hydrogens (tertiary/aromatic N) is 2. The Morgan fingerprint density at radius 3 is 2.10 bits per heavy atom. The first-order valence-electron chi connectivity index (χ1n) is 7.11. The average molecular weight is 280 g/mol. The van der Waals surface area contributed by atoms with Crippen molar-refractivity contribution in [2.24, 2.45) is 0 Å². The Morgan fingerprint density at radius 2 is 1.48 bits per heavy atom. The molecule has 1 aliphatic rings. The summed E-state index contributed by atoms with van der Waals surface area (Å²) in [5.74, 6) is 0.437. The second-order valence-electron chi connectivity index (χ2n) is 4.94. The van der Waals surface area contributed by atoms with Crippen LogP contribution in [0.15, 0.2) is 36.4 Å². The van der Waals surface area contributed by atoms with Crippen LogP contribution in [0.4, 0.5) is 5.82 Å². The third-order valence-electron chi connectivity index (χ3n) is 3.84. The minimum absolute atomic E-state index is 0.126. The number of pyridine rings is 1. The third kappa shape index (κ3) is 2.03. The van der Waals surface area contributed by atoms with E-state index >= 15 is 0 Å². The summed E-state index contributed by atoms with van der Waals surface area (Å²) in [4.78, 5) is 31.5. The molecule has 4 heteroatoms. The number of hydrogen-bond donors (Lipinski definition) is 0. The maximum atomic E-state index is 12.6. The van der Waals surface area contributed by atoms with E-state index in [1.807, 2.05) is 19.9 Å². The van der Waals surface area contributed by atoms with Gasteiger partial charge >= 0.3 is 0 Å². The summed E-state index contributed by atoms with van der Waals surface area (Å²) in [6.45, 7) is 5.68. The van der Waals surface area contributed by atoms with Gasteiger partial charge in [-0.25, -0.2) is 4.98 Å². The van der Waals surface area contributed by atoms with Gasteiger partial charge in [-0.3, -0.25) is 9.59 Å². The Bertz CT molecular complexity index is 733. The standard InChI is InChI=1S/C17H16N2O2/c1-3-19(4-2)14-10-9-13-15(18-14)17(21)12-8-6-5-7-11(12)16(13)20/h5-10H,3-4H2,1-2H3. The highest BCUT2D eigenvalue weighted by atomic mass is 16.1. The number of ketones is 2. The molecular formula is C17H16N2O2. The van der Waals surface area contributed by atoms with E-state index < -0.39 is 0 Å². The summed E-state index contributed by atoms with van der Waals surface area (Å²) in [6, 6.07) is 10.4. The molecule has 0 amide bonds. The van der Waals surface area contributed by atoms with Crippen molar-refractivity contribution in [3.05, 3.63) is 58.8 Å². The molecule has 0 aliphatic heterocycles. The first-order chi connectivity index (χ1) is 10.2. The van der Waals surface area contributed by atoms with Crippen LogP contribution in [0.1, 0.15) is 45.8 Å². The van der Waals surface area contributed by atoms with Crippen molar-refractivity contribution in [2.45, 2.75) is 13.8 Å². The molecule has 0 saturated carbocycles. The van der Waals surface area contributed by atoms with Gasteiger partial charge in [-0.2, -0.15) is 0 Å². The highest BCUT2D eigenvalue weighted by molar-refractivity contribution is 6.27. The summed E-state index contributed by atoms with van der Waals surface area (Å²) in [5, 5.41) is 0. The van der Waals surface area contributed by atoms with Crippen LogP contribution in [0.3, 0.4) is 0 Å². The Morgan fingerprint density at radius 1 is 0.857 bits per heavy atom. The molecule has 1 aromatic carbocycles. The van der Waals surface area contributed by atoms with Gasteiger partial charge in [0.05, 0.1) is 5.56 Å². The quantitative estimate of drug-likeness (QED) is 0.740. The lowest BCUT2D eigenvalue weighted by atomic mass is 9.87. The highest BCUT2D eigenvalue weighted by Gasteiger charge is 2.30. The first kappa shape index (κ1) is 13.5. The molecule has 1 aromatic heterocycles. The third-order valence-corrected chi connectivity index (χ3v) is 3.84. The van der Waals surface area contributed by atoms with Gasteiger partial charge in [0.25, 0.3) is 0 Å². The summed E-state index contributed by atoms with van der Waals surface area (Å²) < 4.78 is 0. The molecule has 0 fully saturated rings. The zero-order chi connectivity index (χ0) is 15.0. The largest absolute Gasteiger partial charge is 0.357 e. The zero-order valence-electron chi connectivity index (χ0n) is 12.1. The summed E-state index contributed by atoms with van der Waals surface area (Å²) in [7, 11) is 0. The van der Waals surface area contributed by atoms with E-state index in [9.17, 15) is 9.59 Å². The summed E-state index contributed by atoms with van der Waals surface area (Å²) >= 11 is 0. The molecule has 3 rings (SSSR count). The van der Waals surface area contributed by atoms with Crippen molar-refractivity contribution in [3.8, 4) is 0 Å². The molecule has 106 valence electrons. The topological polar surface area (TPSA) is 50.3 Å². The van der Waals surface area contributed by atoms with Gasteiger partial charge in [0, 0.05) is 24.2 Å². The van der Waals surface area contributed by atoms with Crippen LogP contribution in [-0.2, 0) is 0 Å². The van der Waals surface area contributed by atoms with E-state index in [0.29, 0.717) is 16.7 Å². The lowest BCUT2D eigenvalue weighted by Gasteiger charge is -2.22. The van der Waals surface area contributed by atoms with Gasteiger partial charge in [0.2, 0.25) is 5.78 Å². The fraction of sp³-hybridized carbons (Fsp3) is 0.235. The van der Waals surface area contributed by atoms with Crippen LogP contribution in [0.5, 0.6) is 0 Å². The van der Waals surface area contributed by atoms with E-state index in [1.165, 1.54) is 0 Å². The zero-order valence-corrected chi connectivity index (χ0v) is 12.1. The number of hydrogen-bond acceptors (Lipinski definition) is 4. The summed E-state index contributed by atoms with van der Waals surface area (Å²) in [6.07, 6.45) is 0. The Hall–Kier alpha value is -2.49. The maximum Gasteiger partial charge on any atom is 0.212 e. The monoisotopic (exact) mass is 280 g/mol. The van der Waals surface area contributed by atoms with Gasteiger partial charge in [-0.1, -0.05) is 24.3 Å². The Balaban J connectivity index is 2.15. The van der Waals surface area contributed by atoms with Crippen molar-refractivity contribution >= 4 is 17.4 Å². The molecule has 0 atom stereocenters. The molecule has 0 radical (unpaired) electrons. The second kappa shape index (κ2) is 5.13. The van der Waals surface area contributed by atoms with Crippen molar-refractivity contribution in [3.63, 3.8) is 0 Å². The molecule has 1 aliphatic carbocycles. The number of benzene rings is 1. The average Bonchev–Trinajstić information content (AvgIpc) is 2.54. The maximum absolute atomic E-state index is 12.6. The fourth-order valence-electron chi connectivity index (χ4n) is 2.68. The number of carbonyl (C=O) groups is 2. The molecule has 1 heterocycles. The molecule has 0 bridgehead atoms. The van der Waals surface area contributed by atoms with Crippen molar-refractivity contribution in [1.82, 2.24) is 4.98 Å². The van der Waals surface area contributed by atoms with Crippen LogP contribution in [0.25, 0.3) is 0 Å². The minimum atomic E-state index is -0.172. The van der Waals surface area contributed by atoms with Crippen molar-refractivity contribution < 1.29 is 9.59 Å². The molecule has 4 nitrogen and oxygen atoms in total. The van der Waals surface area contributed by atoms with Gasteiger partial charge in [0.1, 0.15) is 11.5 Å². The van der Waals surface area contributed by atoms with Gasteiger partial charge in [-0.05, 0) is 26.0 Å². The molecule has 2 aromatic rings. The van der Waals surface area contributed by atoms with Gasteiger partial charge in [-0.15, -0.1) is 0 Å². The van der Waals surface area contributed by atoms with Crippen LogP contribution < -0.4 is 4.90 Å². The SMILES string of the molecule is CCN(CC)c1ccc2c(n1)C(=O)c1ccccc1C2=O. The van der Waals surface area contributed by atoms with Crippen LogP contribution in [0, 0.1) is 0 Å². The Kier molecular flexibility index (Phi) is 3.29. The molecule has 0 N–H and O–H groups in total. The van der Waals surface area contributed by atoms with Gasteiger partial charge < -0.3 is 4.90 Å².